The van der Waals surface area contributed by atoms with Gasteiger partial charge in [-0.05, 0) is 0 Å². The van der Waals surface area contributed by atoms with E-state index in [1.807, 2.05) is 19.1 Å². The lowest BCUT2D eigenvalue weighted by atomic mass is 10.5. The molecule has 0 aliphatic heterocycles. The topological polar surface area (TPSA) is 53.9 Å². The van der Waals surface area contributed by atoms with Gasteiger partial charge in [0.1, 0.15) is 16.7 Å². The second kappa shape index (κ2) is 3.23. The lowest BCUT2D eigenvalue weighted by Gasteiger charge is -2.11. The normalized spacial score (nSPS) is 11.0. The second-order valence-corrected chi connectivity index (χ2v) is 3.57. The first kappa shape index (κ1) is 8.33. The third-order valence-electron chi connectivity index (χ3n) is 1.46. The van der Waals surface area contributed by atoms with Crippen LogP contribution in [0.5, 0.6) is 0 Å². The summed E-state index contributed by atoms with van der Waals surface area (Å²) in [6.07, 6.45) is 1.53. The number of hydrazine groups is 1. The molecule has 2 aromatic rings. The molecule has 2 aromatic heterocycles. The summed E-state index contributed by atoms with van der Waals surface area (Å²) in [5.41, 5.74) is 5.64. The molecule has 0 bridgehead atoms. The van der Waals surface area contributed by atoms with Crippen LogP contribution in [0.2, 0.25) is 0 Å². The molecule has 0 unspecified atom stereocenters. The predicted molar refractivity (Wildman–Crippen MR) is 52.5 cm³/mol. The largest absolute Gasteiger partial charge is 0.302 e. The van der Waals surface area contributed by atoms with E-state index in [0.717, 1.165) is 16.2 Å². The van der Waals surface area contributed by atoms with Gasteiger partial charge in [0, 0.05) is 14.1 Å². The van der Waals surface area contributed by atoms with Crippen LogP contribution < -0.4 is 5.43 Å². The lowest BCUT2D eigenvalue weighted by Crippen LogP contribution is -2.20. The van der Waals surface area contributed by atoms with Gasteiger partial charge in [0.25, 0.3) is 0 Å². The van der Waals surface area contributed by atoms with E-state index in [4.69, 9.17) is 0 Å². The molecule has 0 radical (unpaired) electrons. The Bertz CT molecular complexity index is 410. The van der Waals surface area contributed by atoms with Crippen LogP contribution in [-0.2, 0) is 0 Å². The Kier molecular flexibility index (Phi) is 2.07. The highest BCUT2D eigenvalue weighted by Gasteiger charge is 2.05. The minimum absolute atomic E-state index is 0.747. The van der Waals surface area contributed by atoms with Gasteiger partial charge in [-0.2, -0.15) is 0 Å². The standard InChI is InChI=1S/C7H9N5S/c1-12(2)11-6-5-7(9-3-8-6)13-4-10-5/h3-4H,1-2H3,(H,8,9,11). The van der Waals surface area contributed by atoms with Crippen molar-refractivity contribution in [3.63, 3.8) is 0 Å². The smallest absolute Gasteiger partial charge is 0.171 e. The molecule has 0 aliphatic carbocycles. The van der Waals surface area contributed by atoms with E-state index >= 15 is 0 Å². The monoisotopic (exact) mass is 195 g/mol. The molecule has 0 aliphatic rings. The number of nitrogens with zero attached hydrogens (tertiary/aromatic N) is 4. The number of nitrogens with one attached hydrogen (secondary N) is 1. The minimum Gasteiger partial charge on any atom is -0.302 e. The molecule has 5 nitrogen and oxygen atoms in total. The van der Waals surface area contributed by atoms with Gasteiger partial charge >= 0.3 is 0 Å². The third-order valence-corrected chi connectivity index (χ3v) is 2.20. The lowest BCUT2D eigenvalue weighted by molar-refractivity contribution is 0.493. The highest BCUT2D eigenvalue weighted by Crippen LogP contribution is 2.20. The maximum atomic E-state index is 4.18. The van der Waals surface area contributed by atoms with Gasteiger partial charge < -0.3 is 5.43 Å². The Balaban J connectivity index is 2.48. The van der Waals surface area contributed by atoms with Gasteiger partial charge in [0.15, 0.2) is 5.82 Å². The number of thiazole rings is 1. The SMILES string of the molecule is CN(C)Nc1ncnc2scnc12. The summed E-state index contributed by atoms with van der Waals surface area (Å²) in [7, 11) is 3.81. The fourth-order valence-corrected chi connectivity index (χ4v) is 1.61. The molecule has 13 heavy (non-hydrogen) atoms. The fraction of sp³-hybridized carbons (Fsp3) is 0.286. The summed E-state index contributed by atoms with van der Waals surface area (Å²) in [5, 5.41) is 1.82. The van der Waals surface area contributed by atoms with Crippen molar-refractivity contribution in [3.05, 3.63) is 11.8 Å². The number of hydrogen-bond donors (Lipinski definition) is 1. The molecule has 2 heterocycles. The van der Waals surface area contributed by atoms with E-state index in [-0.39, 0.29) is 0 Å². The number of aromatic nitrogens is 3. The zero-order valence-electron chi connectivity index (χ0n) is 7.35. The van der Waals surface area contributed by atoms with Crippen molar-refractivity contribution in [1.29, 1.82) is 0 Å². The Morgan fingerprint density at radius 3 is 2.92 bits per heavy atom. The fourth-order valence-electron chi connectivity index (χ4n) is 0.988. The summed E-state index contributed by atoms with van der Waals surface area (Å²) < 4.78 is 0. The van der Waals surface area contributed by atoms with E-state index < -0.39 is 0 Å². The van der Waals surface area contributed by atoms with Crippen LogP contribution >= 0.6 is 11.3 Å². The molecule has 1 N–H and O–H groups in total. The van der Waals surface area contributed by atoms with E-state index in [1.165, 1.54) is 17.7 Å². The van der Waals surface area contributed by atoms with Gasteiger partial charge in [0.2, 0.25) is 0 Å². The molecule has 6 heteroatoms. The van der Waals surface area contributed by atoms with Crippen molar-refractivity contribution < 1.29 is 0 Å². The van der Waals surface area contributed by atoms with Crippen LogP contribution in [0.15, 0.2) is 11.8 Å². The molecule has 0 atom stereocenters. The van der Waals surface area contributed by atoms with Crippen LogP contribution in [0.1, 0.15) is 0 Å². The van der Waals surface area contributed by atoms with Crippen LogP contribution in [0, 0.1) is 0 Å². The van der Waals surface area contributed by atoms with E-state index in [9.17, 15) is 0 Å². The summed E-state index contributed by atoms with van der Waals surface area (Å²) >= 11 is 1.51. The van der Waals surface area contributed by atoms with Crippen molar-refractivity contribution in [1.82, 2.24) is 20.0 Å². The molecule has 0 fully saturated rings. The Hall–Kier alpha value is -1.27. The van der Waals surface area contributed by atoms with Crippen LogP contribution in [0.3, 0.4) is 0 Å². The average Bonchev–Trinajstić information content (AvgIpc) is 2.51. The zero-order chi connectivity index (χ0) is 9.26. The second-order valence-electron chi connectivity index (χ2n) is 2.73. The number of rotatable bonds is 2. The van der Waals surface area contributed by atoms with Crippen LogP contribution in [0.25, 0.3) is 10.3 Å². The summed E-state index contributed by atoms with van der Waals surface area (Å²) in [4.78, 5) is 13.3. The van der Waals surface area contributed by atoms with Crippen molar-refractivity contribution in [2.75, 3.05) is 19.5 Å². The molecule has 0 spiro atoms. The quantitative estimate of drug-likeness (QED) is 0.724. The van der Waals surface area contributed by atoms with Gasteiger partial charge in [-0.3, -0.25) is 0 Å². The highest BCUT2D eigenvalue weighted by atomic mass is 32.1. The molecule has 0 amide bonds. The predicted octanol–water partition coefficient (Wildman–Crippen LogP) is 0.975. The first-order valence-electron chi connectivity index (χ1n) is 3.75. The molecule has 2 rings (SSSR count). The minimum atomic E-state index is 0.747. The van der Waals surface area contributed by atoms with E-state index in [2.05, 4.69) is 20.4 Å². The average molecular weight is 195 g/mol. The van der Waals surface area contributed by atoms with E-state index in [1.54, 1.807) is 5.51 Å². The maximum Gasteiger partial charge on any atom is 0.171 e. The first-order valence-corrected chi connectivity index (χ1v) is 4.63. The van der Waals surface area contributed by atoms with Gasteiger partial charge in [-0.25, -0.2) is 20.0 Å². The number of hydrogen-bond acceptors (Lipinski definition) is 6. The molecule has 0 saturated heterocycles. The number of fused-ring (bicyclic) bond motifs is 1. The zero-order valence-corrected chi connectivity index (χ0v) is 8.17. The van der Waals surface area contributed by atoms with Crippen molar-refractivity contribution in [2.45, 2.75) is 0 Å². The summed E-state index contributed by atoms with van der Waals surface area (Å²) in [6.45, 7) is 0. The first-order chi connectivity index (χ1) is 6.27. The number of anilines is 1. The molecule has 68 valence electrons. The Labute approximate surface area is 79.4 Å². The van der Waals surface area contributed by atoms with Crippen molar-refractivity contribution >= 4 is 27.5 Å². The Morgan fingerprint density at radius 2 is 2.15 bits per heavy atom. The van der Waals surface area contributed by atoms with Crippen molar-refractivity contribution in [3.8, 4) is 0 Å². The highest BCUT2D eigenvalue weighted by molar-refractivity contribution is 7.16. The molecular formula is C7H9N5S. The summed E-state index contributed by atoms with van der Waals surface area (Å²) in [5.74, 6) is 0.747. The summed E-state index contributed by atoms with van der Waals surface area (Å²) in [6, 6.07) is 0. The molecule has 0 aromatic carbocycles. The van der Waals surface area contributed by atoms with Crippen LogP contribution in [0.4, 0.5) is 5.82 Å². The maximum absolute atomic E-state index is 4.18. The van der Waals surface area contributed by atoms with E-state index in [0.29, 0.717) is 0 Å². The molecule has 0 saturated carbocycles. The Morgan fingerprint density at radius 1 is 1.31 bits per heavy atom. The van der Waals surface area contributed by atoms with Gasteiger partial charge in [0.05, 0.1) is 5.51 Å². The van der Waals surface area contributed by atoms with Gasteiger partial charge in [-0.1, -0.05) is 0 Å². The van der Waals surface area contributed by atoms with Crippen molar-refractivity contribution in [2.24, 2.45) is 0 Å². The molecular weight excluding hydrogens is 186 g/mol. The van der Waals surface area contributed by atoms with Gasteiger partial charge in [-0.15, -0.1) is 11.3 Å². The van der Waals surface area contributed by atoms with Crippen LogP contribution in [-0.4, -0.2) is 34.1 Å². The third kappa shape index (κ3) is 1.58.